The fourth-order valence-corrected chi connectivity index (χ4v) is 1.72. The van der Waals surface area contributed by atoms with E-state index in [0.29, 0.717) is 12.2 Å². The molecule has 0 bridgehead atoms. The van der Waals surface area contributed by atoms with E-state index in [1.807, 2.05) is 18.2 Å². The third kappa shape index (κ3) is 21.6. The number of hydrogen-bond acceptors (Lipinski definition) is 4. The number of carbonyl (C=O) groups excluding carboxylic acids is 1. The number of para-hydroxylation sites is 1. The van der Waals surface area contributed by atoms with Crippen molar-refractivity contribution >= 4 is 16.4 Å². The largest absolute Gasteiger partial charge is 1.00 e. The first-order valence-electron chi connectivity index (χ1n) is 7.28. The van der Waals surface area contributed by atoms with E-state index >= 15 is 0 Å². The molecular formula is C15H25NaO6S. The minimum absolute atomic E-state index is 0. The zero-order valence-electron chi connectivity index (χ0n) is 14.8. The van der Waals surface area contributed by atoms with Gasteiger partial charge in [-0.15, -0.1) is 0 Å². The van der Waals surface area contributed by atoms with E-state index in [2.05, 4.69) is 6.92 Å². The topological polar surface area (TPSA) is 101 Å². The van der Waals surface area contributed by atoms with E-state index in [9.17, 15) is 4.79 Å². The molecule has 6 nitrogen and oxygen atoms in total. The Labute approximate surface area is 162 Å². The van der Waals surface area contributed by atoms with Crippen molar-refractivity contribution in [2.24, 2.45) is 0 Å². The Morgan fingerprint density at radius 1 is 1.04 bits per heavy atom. The maximum atomic E-state index is 11.5. The van der Waals surface area contributed by atoms with Gasteiger partial charge in [-0.1, -0.05) is 57.2 Å². The van der Waals surface area contributed by atoms with Crippen LogP contribution in [0, 0.1) is 0 Å². The van der Waals surface area contributed by atoms with Crippen LogP contribution in [0.4, 0.5) is 0 Å². The van der Waals surface area contributed by atoms with E-state index in [1.165, 1.54) is 25.7 Å². The zero-order chi connectivity index (χ0) is 16.8. The maximum Gasteiger partial charge on any atom is 1.00 e. The monoisotopic (exact) mass is 356 g/mol. The molecule has 1 aromatic rings. The SMILES string of the molecule is CCCCCCCCC(=O)Oc1ccccc1.O=S(=O)(O)O.[H-].[Na+]. The molecule has 128 valence electrons. The number of hydrogen-bond donors (Lipinski definition) is 2. The summed E-state index contributed by atoms with van der Waals surface area (Å²) >= 11 is 0. The molecule has 0 aliphatic heterocycles. The molecule has 23 heavy (non-hydrogen) atoms. The number of esters is 1. The van der Waals surface area contributed by atoms with Crippen LogP contribution in [-0.4, -0.2) is 23.5 Å². The van der Waals surface area contributed by atoms with Gasteiger partial charge in [0.05, 0.1) is 0 Å². The smallest absolute Gasteiger partial charge is 1.00 e. The van der Waals surface area contributed by atoms with Crippen molar-refractivity contribution in [1.82, 2.24) is 0 Å². The Balaban J connectivity index is -0.000000554. The second kappa shape index (κ2) is 15.1. The molecule has 0 aromatic heterocycles. The van der Waals surface area contributed by atoms with E-state index < -0.39 is 10.4 Å². The first-order valence-corrected chi connectivity index (χ1v) is 8.68. The molecule has 1 rings (SSSR count). The van der Waals surface area contributed by atoms with Gasteiger partial charge in [0.2, 0.25) is 0 Å². The van der Waals surface area contributed by atoms with E-state index in [0.717, 1.165) is 12.8 Å². The van der Waals surface area contributed by atoms with Crippen molar-refractivity contribution in [1.29, 1.82) is 0 Å². The first-order chi connectivity index (χ1) is 10.3. The van der Waals surface area contributed by atoms with Crippen molar-refractivity contribution in [3.8, 4) is 5.75 Å². The number of benzene rings is 1. The standard InChI is InChI=1S/C15H22O2.Na.H2O4S.H/c1-2-3-4-5-6-10-13-15(16)17-14-11-8-7-9-12-14;;1-5(2,3)4;/h7-9,11-12H,2-6,10,13H2,1H3;;(H2,1,2,3,4);/q;+1;;-1. The second-order valence-electron chi connectivity index (χ2n) is 4.75. The van der Waals surface area contributed by atoms with Gasteiger partial charge in [0.25, 0.3) is 0 Å². The average molecular weight is 356 g/mol. The Kier molecular flexibility index (Phi) is 16.3. The van der Waals surface area contributed by atoms with Gasteiger partial charge in [-0.05, 0) is 18.6 Å². The summed E-state index contributed by atoms with van der Waals surface area (Å²) in [4.78, 5) is 11.5. The van der Waals surface area contributed by atoms with Crippen LogP contribution in [0.2, 0.25) is 0 Å². The number of ether oxygens (including phenoxy) is 1. The van der Waals surface area contributed by atoms with Crippen LogP contribution in [-0.2, 0) is 15.2 Å². The third-order valence-electron chi connectivity index (χ3n) is 2.71. The fraction of sp³-hybridized carbons (Fsp3) is 0.533. The summed E-state index contributed by atoms with van der Waals surface area (Å²) in [7, 11) is -4.67. The molecule has 0 amide bonds. The summed E-state index contributed by atoms with van der Waals surface area (Å²) < 4.78 is 36.8. The summed E-state index contributed by atoms with van der Waals surface area (Å²) in [6, 6.07) is 9.25. The van der Waals surface area contributed by atoms with Crippen LogP contribution in [0.25, 0.3) is 0 Å². The van der Waals surface area contributed by atoms with Gasteiger partial charge in [0.1, 0.15) is 5.75 Å². The van der Waals surface area contributed by atoms with E-state index in [4.69, 9.17) is 22.3 Å². The van der Waals surface area contributed by atoms with Gasteiger partial charge >= 0.3 is 45.9 Å². The molecule has 2 N–H and O–H groups in total. The summed E-state index contributed by atoms with van der Waals surface area (Å²) in [6.45, 7) is 2.21. The number of unbranched alkanes of at least 4 members (excludes halogenated alkanes) is 5. The average Bonchev–Trinajstić information content (AvgIpc) is 2.42. The summed E-state index contributed by atoms with van der Waals surface area (Å²) in [6.07, 6.45) is 7.67. The van der Waals surface area contributed by atoms with Crippen molar-refractivity contribution in [3.63, 3.8) is 0 Å². The quantitative estimate of drug-likeness (QED) is 0.235. The summed E-state index contributed by atoms with van der Waals surface area (Å²) in [5, 5.41) is 0. The molecule has 8 heteroatoms. The van der Waals surface area contributed by atoms with Crippen LogP contribution in [0.3, 0.4) is 0 Å². The Bertz CT molecular complexity index is 502. The minimum atomic E-state index is -4.67. The predicted molar refractivity (Wildman–Crippen MR) is 85.4 cm³/mol. The van der Waals surface area contributed by atoms with Gasteiger partial charge in [-0.2, -0.15) is 8.42 Å². The van der Waals surface area contributed by atoms with Crippen molar-refractivity contribution in [2.75, 3.05) is 0 Å². The summed E-state index contributed by atoms with van der Waals surface area (Å²) in [5.41, 5.74) is 0. The molecule has 0 spiro atoms. The zero-order valence-corrected chi connectivity index (χ0v) is 16.6. The van der Waals surface area contributed by atoms with Crippen LogP contribution in [0.5, 0.6) is 5.75 Å². The fourth-order valence-electron chi connectivity index (χ4n) is 1.72. The van der Waals surface area contributed by atoms with E-state index in [1.54, 1.807) is 12.1 Å². The summed E-state index contributed by atoms with van der Waals surface area (Å²) in [5.74, 6) is 0.523. The number of rotatable bonds is 8. The maximum absolute atomic E-state index is 11.5. The van der Waals surface area contributed by atoms with Gasteiger partial charge in [-0.25, -0.2) is 0 Å². The minimum Gasteiger partial charge on any atom is -1.00 e. The van der Waals surface area contributed by atoms with Gasteiger partial charge in [0.15, 0.2) is 0 Å². The first kappa shape index (κ1) is 24.8. The Hall–Kier alpha value is -0.440. The van der Waals surface area contributed by atoms with Crippen LogP contribution < -0.4 is 34.3 Å². The molecule has 0 saturated carbocycles. The van der Waals surface area contributed by atoms with Crippen LogP contribution in [0.1, 0.15) is 53.3 Å². The molecule has 0 atom stereocenters. The molecule has 0 fully saturated rings. The van der Waals surface area contributed by atoms with Crippen molar-refractivity contribution < 1.29 is 58.0 Å². The normalized spacial score (nSPS) is 10.0. The predicted octanol–water partition coefficient (Wildman–Crippen LogP) is 0.806. The van der Waals surface area contributed by atoms with Gasteiger partial charge in [0, 0.05) is 6.42 Å². The van der Waals surface area contributed by atoms with Gasteiger partial charge < -0.3 is 6.16 Å². The van der Waals surface area contributed by atoms with E-state index in [-0.39, 0.29) is 37.0 Å². The molecule has 0 saturated heterocycles. The van der Waals surface area contributed by atoms with Crippen LogP contribution in [0.15, 0.2) is 30.3 Å². The molecular weight excluding hydrogens is 331 g/mol. The second-order valence-corrected chi connectivity index (χ2v) is 5.65. The molecule has 0 radical (unpaired) electrons. The molecule has 0 aliphatic carbocycles. The third-order valence-corrected chi connectivity index (χ3v) is 2.71. The van der Waals surface area contributed by atoms with Crippen molar-refractivity contribution in [3.05, 3.63) is 30.3 Å². The molecule has 0 aliphatic rings. The molecule has 0 unspecified atom stereocenters. The van der Waals surface area contributed by atoms with Crippen molar-refractivity contribution in [2.45, 2.75) is 51.9 Å². The molecule has 0 heterocycles. The molecule has 1 aromatic carbocycles. The van der Waals surface area contributed by atoms with Crippen LogP contribution >= 0.6 is 0 Å². The Morgan fingerprint density at radius 3 is 2.04 bits per heavy atom. The Morgan fingerprint density at radius 2 is 1.52 bits per heavy atom. The van der Waals surface area contributed by atoms with Gasteiger partial charge in [-0.3, -0.25) is 13.9 Å². The number of carbonyl (C=O) groups is 1.